The normalized spacial score (nSPS) is 17.7. The lowest BCUT2D eigenvalue weighted by atomic mass is 9.95. The Hall–Kier alpha value is -2.49. The smallest absolute Gasteiger partial charge is 0.176 e. The van der Waals surface area contributed by atoms with Gasteiger partial charge in [-0.25, -0.2) is 0 Å². The van der Waals surface area contributed by atoms with E-state index in [-0.39, 0.29) is 35.0 Å². The van der Waals surface area contributed by atoms with Gasteiger partial charge in [-0.3, -0.25) is 4.79 Å². The Balaban J connectivity index is 2.05. The minimum atomic E-state index is -0.436. The molecule has 0 radical (unpaired) electrons. The fraction of sp³-hybridized carbons (Fsp3) is 0.133. The SMILES string of the molecule is O=C1CC(c2ccccc2)Oc2c(O)ccc(O)c21. The first kappa shape index (κ1) is 11.6. The highest BCUT2D eigenvalue weighted by atomic mass is 16.5. The first-order valence-corrected chi connectivity index (χ1v) is 5.96. The number of Topliss-reactive ketones (excluding diaryl/α,β-unsaturated/α-hetero) is 1. The number of phenols is 2. The van der Waals surface area contributed by atoms with E-state index in [9.17, 15) is 15.0 Å². The number of aromatic hydroxyl groups is 2. The maximum Gasteiger partial charge on any atom is 0.176 e. The molecule has 2 N–H and O–H groups in total. The zero-order valence-electron chi connectivity index (χ0n) is 10.0. The van der Waals surface area contributed by atoms with Crippen LogP contribution in [0.4, 0.5) is 0 Å². The summed E-state index contributed by atoms with van der Waals surface area (Å²) in [6, 6.07) is 11.9. The molecule has 1 aliphatic rings. The fourth-order valence-corrected chi connectivity index (χ4v) is 2.26. The van der Waals surface area contributed by atoms with E-state index in [0.717, 1.165) is 5.56 Å². The van der Waals surface area contributed by atoms with Gasteiger partial charge in [0.1, 0.15) is 17.4 Å². The molecule has 3 rings (SSSR count). The first-order valence-electron chi connectivity index (χ1n) is 5.96. The van der Waals surface area contributed by atoms with E-state index in [4.69, 9.17) is 4.74 Å². The Morgan fingerprint density at radius 1 is 1.00 bits per heavy atom. The van der Waals surface area contributed by atoms with Crippen molar-refractivity contribution < 1.29 is 19.7 Å². The van der Waals surface area contributed by atoms with Crippen molar-refractivity contribution in [1.82, 2.24) is 0 Å². The minimum Gasteiger partial charge on any atom is -0.507 e. The number of ketones is 1. The summed E-state index contributed by atoms with van der Waals surface area (Å²) in [5.41, 5.74) is 0.927. The molecule has 0 bridgehead atoms. The maximum absolute atomic E-state index is 12.1. The maximum atomic E-state index is 12.1. The van der Waals surface area contributed by atoms with Gasteiger partial charge < -0.3 is 14.9 Å². The second-order valence-corrected chi connectivity index (χ2v) is 4.45. The van der Waals surface area contributed by atoms with Crippen LogP contribution in [0.2, 0.25) is 0 Å². The van der Waals surface area contributed by atoms with Crippen molar-refractivity contribution in [3.05, 3.63) is 53.6 Å². The van der Waals surface area contributed by atoms with Gasteiger partial charge in [0, 0.05) is 0 Å². The van der Waals surface area contributed by atoms with Crippen molar-refractivity contribution in [2.75, 3.05) is 0 Å². The summed E-state index contributed by atoms with van der Waals surface area (Å²) in [5, 5.41) is 19.5. The van der Waals surface area contributed by atoms with Crippen molar-refractivity contribution in [2.24, 2.45) is 0 Å². The number of carbonyl (C=O) groups excluding carboxylic acids is 1. The molecule has 0 fully saturated rings. The Bertz CT molecular complexity index is 634. The van der Waals surface area contributed by atoms with Gasteiger partial charge in [-0.15, -0.1) is 0 Å². The van der Waals surface area contributed by atoms with Gasteiger partial charge >= 0.3 is 0 Å². The second kappa shape index (κ2) is 4.31. The molecule has 0 saturated heterocycles. The first-order chi connectivity index (χ1) is 9.16. The molecule has 2 aromatic carbocycles. The molecule has 1 heterocycles. The summed E-state index contributed by atoms with van der Waals surface area (Å²) >= 11 is 0. The van der Waals surface area contributed by atoms with Crippen LogP contribution in [0.25, 0.3) is 0 Å². The van der Waals surface area contributed by atoms with Gasteiger partial charge in [0.25, 0.3) is 0 Å². The van der Waals surface area contributed by atoms with Crippen LogP contribution in [0, 0.1) is 0 Å². The standard InChI is InChI=1S/C15H12O4/c16-10-6-7-11(17)15-14(10)12(18)8-13(19-15)9-4-2-1-3-5-9/h1-7,13,16-17H,8H2. The summed E-state index contributed by atoms with van der Waals surface area (Å²) in [6.45, 7) is 0. The van der Waals surface area contributed by atoms with Crippen molar-refractivity contribution >= 4 is 5.78 Å². The Morgan fingerprint density at radius 2 is 1.68 bits per heavy atom. The molecular formula is C15H12O4. The molecule has 0 aromatic heterocycles. The van der Waals surface area contributed by atoms with Gasteiger partial charge in [-0.1, -0.05) is 30.3 Å². The number of fused-ring (bicyclic) bond motifs is 1. The highest BCUT2D eigenvalue weighted by molar-refractivity contribution is 6.03. The number of hydrogen-bond acceptors (Lipinski definition) is 4. The lowest BCUT2D eigenvalue weighted by Crippen LogP contribution is -2.20. The molecule has 0 aliphatic carbocycles. The van der Waals surface area contributed by atoms with Crippen LogP contribution < -0.4 is 4.74 Å². The average molecular weight is 256 g/mol. The molecule has 0 amide bonds. The van der Waals surface area contributed by atoms with E-state index in [1.54, 1.807) is 0 Å². The van der Waals surface area contributed by atoms with Gasteiger partial charge in [-0.05, 0) is 17.7 Å². The average Bonchev–Trinajstić information content (AvgIpc) is 2.43. The van der Waals surface area contributed by atoms with Crippen LogP contribution in [-0.4, -0.2) is 16.0 Å². The topological polar surface area (TPSA) is 66.8 Å². The lowest BCUT2D eigenvalue weighted by Gasteiger charge is -2.26. The van der Waals surface area contributed by atoms with Gasteiger partial charge in [-0.2, -0.15) is 0 Å². The highest BCUT2D eigenvalue weighted by Crippen LogP contribution is 2.44. The minimum absolute atomic E-state index is 0.0603. The predicted molar refractivity (Wildman–Crippen MR) is 68.5 cm³/mol. The van der Waals surface area contributed by atoms with E-state index in [1.807, 2.05) is 30.3 Å². The molecule has 19 heavy (non-hydrogen) atoms. The molecular weight excluding hydrogens is 244 g/mol. The van der Waals surface area contributed by atoms with Crippen molar-refractivity contribution in [1.29, 1.82) is 0 Å². The third kappa shape index (κ3) is 1.91. The van der Waals surface area contributed by atoms with Gasteiger partial charge in [0.05, 0.1) is 6.42 Å². The molecule has 1 unspecified atom stereocenters. The molecule has 96 valence electrons. The molecule has 1 atom stereocenters. The molecule has 2 aromatic rings. The van der Waals surface area contributed by atoms with Gasteiger partial charge in [0.15, 0.2) is 17.3 Å². The number of phenolic OH excluding ortho intramolecular Hbond substituents is 2. The van der Waals surface area contributed by atoms with Crippen LogP contribution in [0.5, 0.6) is 17.2 Å². The van der Waals surface area contributed by atoms with Crippen LogP contribution in [0.3, 0.4) is 0 Å². The number of benzene rings is 2. The molecule has 4 nitrogen and oxygen atoms in total. The number of hydrogen-bond donors (Lipinski definition) is 2. The quantitative estimate of drug-likeness (QED) is 0.770. The van der Waals surface area contributed by atoms with E-state index in [0.29, 0.717) is 0 Å². The van der Waals surface area contributed by atoms with E-state index < -0.39 is 6.10 Å². The Morgan fingerprint density at radius 3 is 2.42 bits per heavy atom. The van der Waals surface area contributed by atoms with Crippen molar-refractivity contribution in [3.8, 4) is 17.2 Å². The predicted octanol–water partition coefficient (Wildman–Crippen LogP) is 2.80. The summed E-state index contributed by atoms with van der Waals surface area (Å²) < 4.78 is 5.67. The van der Waals surface area contributed by atoms with Crippen LogP contribution in [-0.2, 0) is 0 Å². The summed E-state index contributed by atoms with van der Waals surface area (Å²) in [7, 11) is 0. The van der Waals surface area contributed by atoms with E-state index in [2.05, 4.69) is 0 Å². The number of rotatable bonds is 1. The second-order valence-electron chi connectivity index (χ2n) is 4.45. The summed E-state index contributed by atoms with van der Waals surface area (Å²) in [4.78, 5) is 12.1. The third-order valence-corrected chi connectivity index (χ3v) is 3.20. The fourth-order valence-electron chi connectivity index (χ4n) is 2.26. The van der Waals surface area contributed by atoms with Crippen LogP contribution in [0.1, 0.15) is 28.4 Å². The van der Waals surface area contributed by atoms with Crippen LogP contribution >= 0.6 is 0 Å². The highest BCUT2D eigenvalue weighted by Gasteiger charge is 2.32. The number of ether oxygens (including phenoxy) is 1. The monoisotopic (exact) mass is 256 g/mol. The van der Waals surface area contributed by atoms with E-state index >= 15 is 0 Å². The molecule has 0 spiro atoms. The van der Waals surface area contributed by atoms with E-state index in [1.165, 1.54) is 12.1 Å². The van der Waals surface area contributed by atoms with Crippen molar-refractivity contribution in [2.45, 2.75) is 12.5 Å². The van der Waals surface area contributed by atoms with Crippen molar-refractivity contribution in [3.63, 3.8) is 0 Å². The largest absolute Gasteiger partial charge is 0.507 e. The van der Waals surface area contributed by atoms with Crippen LogP contribution in [0.15, 0.2) is 42.5 Å². The third-order valence-electron chi connectivity index (χ3n) is 3.20. The molecule has 0 saturated carbocycles. The molecule has 1 aliphatic heterocycles. The Kier molecular flexibility index (Phi) is 2.63. The molecule has 4 heteroatoms. The summed E-state index contributed by atoms with van der Waals surface area (Å²) in [6.07, 6.45) is -0.289. The Labute approximate surface area is 109 Å². The van der Waals surface area contributed by atoms with Gasteiger partial charge in [0.2, 0.25) is 0 Å². The zero-order chi connectivity index (χ0) is 13.4. The zero-order valence-corrected chi connectivity index (χ0v) is 10.0. The summed E-state index contributed by atoms with van der Waals surface area (Å²) in [5.74, 6) is -0.473. The lowest BCUT2D eigenvalue weighted by molar-refractivity contribution is 0.0837. The number of carbonyl (C=O) groups is 1.